The van der Waals surface area contributed by atoms with E-state index in [1.54, 1.807) is 24.3 Å². The third kappa shape index (κ3) is 4.69. The predicted molar refractivity (Wildman–Crippen MR) is 115 cm³/mol. The smallest absolute Gasteiger partial charge is 0.408 e. The number of hydrogen-bond donors (Lipinski definition) is 2. The fourth-order valence-electron chi connectivity index (χ4n) is 3.77. The van der Waals surface area contributed by atoms with Crippen molar-refractivity contribution in [2.75, 3.05) is 0 Å². The molecule has 5 heteroatoms. The van der Waals surface area contributed by atoms with Crippen LogP contribution in [0.15, 0.2) is 91.0 Å². The van der Waals surface area contributed by atoms with E-state index in [9.17, 15) is 14.7 Å². The number of benzene rings is 3. The summed E-state index contributed by atoms with van der Waals surface area (Å²) in [4.78, 5) is 25.2. The van der Waals surface area contributed by atoms with E-state index < -0.39 is 23.5 Å². The van der Waals surface area contributed by atoms with Crippen molar-refractivity contribution in [3.05, 3.63) is 108 Å². The molecule has 3 aromatic carbocycles. The van der Waals surface area contributed by atoms with Gasteiger partial charge in [0.15, 0.2) is 0 Å². The molecule has 0 aliphatic carbocycles. The molecule has 0 aliphatic rings. The number of aliphatic carboxylic acids is 1. The zero-order valence-electron chi connectivity index (χ0n) is 16.8. The Labute approximate surface area is 176 Å². The van der Waals surface area contributed by atoms with Crippen LogP contribution in [0.4, 0.5) is 4.79 Å². The van der Waals surface area contributed by atoms with Crippen molar-refractivity contribution in [2.45, 2.75) is 31.4 Å². The fourth-order valence-corrected chi connectivity index (χ4v) is 3.77. The van der Waals surface area contributed by atoms with Crippen LogP contribution in [-0.4, -0.2) is 17.2 Å². The minimum absolute atomic E-state index is 0.102. The van der Waals surface area contributed by atoms with Gasteiger partial charge in [0.2, 0.25) is 0 Å². The minimum Gasteiger partial charge on any atom is -0.481 e. The summed E-state index contributed by atoms with van der Waals surface area (Å²) < 4.78 is 5.43. The Balaban J connectivity index is 1.97. The largest absolute Gasteiger partial charge is 0.481 e. The first kappa shape index (κ1) is 21.1. The Kier molecular flexibility index (Phi) is 6.86. The van der Waals surface area contributed by atoms with Crippen LogP contribution in [0.1, 0.15) is 36.0 Å². The molecule has 30 heavy (non-hydrogen) atoms. The Morgan fingerprint density at radius 3 is 1.97 bits per heavy atom. The highest BCUT2D eigenvalue weighted by Gasteiger charge is 2.46. The van der Waals surface area contributed by atoms with Gasteiger partial charge in [0.25, 0.3) is 0 Å². The van der Waals surface area contributed by atoms with Crippen molar-refractivity contribution in [1.29, 1.82) is 0 Å². The molecule has 0 aromatic heterocycles. The van der Waals surface area contributed by atoms with E-state index in [0.717, 1.165) is 5.56 Å². The molecule has 0 aliphatic heterocycles. The van der Waals surface area contributed by atoms with Gasteiger partial charge in [-0.3, -0.25) is 4.79 Å². The number of rotatable bonds is 8. The highest BCUT2D eigenvalue weighted by Crippen LogP contribution is 2.40. The first-order chi connectivity index (χ1) is 14.6. The molecule has 0 saturated carbocycles. The lowest BCUT2D eigenvalue weighted by Gasteiger charge is -2.39. The van der Waals surface area contributed by atoms with E-state index in [4.69, 9.17) is 4.74 Å². The minimum atomic E-state index is -1.18. The molecule has 154 valence electrons. The summed E-state index contributed by atoms with van der Waals surface area (Å²) in [6, 6.07) is 27.5. The second kappa shape index (κ2) is 9.74. The van der Waals surface area contributed by atoms with Crippen LogP contribution in [0.25, 0.3) is 0 Å². The van der Waals surface area contributed by atoms with Gasteiger partial charge in [-0.05, 0) is 23.1 Å². The van der Waals surface area contributed by atoms with Crippen molar-refractivity contribution in [3.63, 3.8) is 0 Å². The van der Waals surface area contributed by atoms with Crippen molar-refractivity contribution in [1.82, 2.24) is 5.32 Å². The van der Waals surface area contributed by atoms with Crippen molar-refractivity contribution < 1.29 is 19.4 Å². The average molecular weight is 403 g/mol. The summed E-state index contributed by atoms with van der Waals surface area (Å²) >= 11 is 0. The molecule has 3 rings (SSSR count). The van der Waals surface area contributed by atoms with E-state index in [1.165, 1.54) is 0 Å². The van der Waals surface area contributed by atoms with E-state index in [1.807, 2.05) is 73.7 Å². The van der Waals surface area contributed by atoms with Crippen molar-refractivity contribution >= 4 is 12.1 Å². The van der Waals surface area contributed by atoms with Crippen LogP contribution in [0.3, 0.4) is 0 Å². The molecule has 0 fully saturated rings. The van der Waals surface area contributed by atoms with E-state index in [0.29, 0.717) is 17.5 Å². The highest BCUT2D eigenvalue weighted by atomic mass is 16.5. The summed E-state index contributed by atoms with van der Waals surface area (Å²) in [5.74, 6) is -2.01. The normalized spacial score (nSPS) is 13.6. The van der Waals surface area contributed by atoms with Gasteiger partial charge in [0, 0.05) is 0 Å². The third-order valence-electron chi connectivity index (χ3n) is 5.26. The number of alkyl carbamates (subject to hydrolysis) is 1. The quantitative estimate of drug-likeness (QED) is 0.549. The van der Waals surface area contributed by atoms with Gasteiger partial charge in [-0.15, -0.1) is 0 Å². The molecule has 0 heterocycles. The summed E-state index contributed by atoms with van der Waals surface area (Å²) in [7, 11) is 0. The number of amides is 1. The van der Waals surface area contributed by atoms with Gasteiger partial charge in [0.1, 0.15) is 12.5 Å². The highest BCUT2D eigenvalue weighted by molar-refractivity contribution is 5.80. The van der Waals surface area contributed by atoms with Gasteiger partial charge in [-0.1, -0.05) is 97.9 Å². The summed E-state index contributed by atoms with van der Waals surface area (Å²) in [6.07, 6.45) is -0.296. The molecule has 0 saturated heterocycles. The van der Waals surface area contributed by atoms with Crippen LogP contribution in [0.2, 0.25) is 0 Å². The van der Waals surface area contributed by atoms with Gasteiger partial charge >= 0.3 is 12.1 Å². The van der Waals surface area contributed by atoms with Crippen molar-refractivity contribution in [2.24, 2.45) is 0 Å². The lowest BCUT2D eigenvalue weighted by molar-refractivity contribution is -0.141. The maximum atomic E-state index is 12.8. The van der Waals surface area contributed by atoms with E-state index >= 15 is 0 Å². The maximum Gasteiger partial charge on any atom is 0.408 e. The molecule has 0 unspecified atom stereocenters. The Bertz CT molecular complexity index is 960. The molecule has 2 N–H and O–H groups in total. The van der Waals surface area contributed by atoms with Gasteiger partial charge in [-0.25, -0.2) is 4.79 Å². The van der Waals surface area contributed by atoms with E-state index in [2.05, 4.69) is 5.32 Å². The molecule has 3 aromatic rings. The van der Waals surface area contributed by atoms with Crippen LogP contribution >= 0.6 is 0 Å². The first-order valence-corrected chi connectivity index (χ1v) is 9.89. The number of nitrogens with one attached hydrogen (secondary N) is 1. The average Bonchev–Trinajstić information content (AvgIpc) is 2.79. The summed E-state index contributed by atoms with van der Waals surface area (Å²) in [5, 5.41) is 13.1. The zero-order valence-corrected chi connectivity index (χ0v) is 16.8. The van der Waals surface area contributed by atoms with Crippen LogP contribution < -0.4 is 5.32 Å². The summed E-state index contributed by atoms with van der Waals surface area (Å²) in [6.45, 7) is 1.97. The molecule has 1 amide bonds. The lowest BCUT2D eigenvalue weighted by Crippen LogP contribution is -2.52. The third-order valence-corrected chi connectivity index (χ3v) is 5.26. The van der Waals surface area contributed by atoms with Crippen LogP contribution in [-0.2, 0) is 21.7 Å². The van der Waals surface area contributed by atoms with Crippen LogP contribution in [0.5, 0.6) is 0 Å². The Morgan fingerprint density at radius 1 is 0.900 bits per heavy atom. The van der Waals surface area contributed by atoms with Gasteiger partial charge < -0.3 is 15.2 Å². The SMILES string of the molecule is CC[C@](NC(=O)OCc1ccccc1)(c1ccccc1)[C@@H](C(=O)O)c1ccccc1. The maximum absolute atomic E-state index is 12.8. The number of carbonyl (C=O) groups excluding carboxylic acids is 1. The monoisotopic (exact) mass is 403 g/mol. The van der Waals surface area contributed by atoms with E-state index in [-0.39, 0.29) is 6.61 Å². The Morgan fingerprint density at radius 2 is 1.43 bits per heavy atom. The standard InChI is InChI=1S/C25H25NO4/c1-2-25(21-16-10-5-11-17-21,22(23(27)28)20-14-8-4-9-15-20)26-24(29)30-18-19-12-6-3-7-13-19/h3-17,22H,2,18H2,1H3,(H,26,29)(H,27,28)/t22-,25+/m1/s1. The number of carbonyl (C=O) groups is 2. The second-order valence-corrected chi connectivity index (χ2v) is 7.06. The van der Waals surface area contributed by atoms with Gasteiger partial charge in [0.05, 0.1) is 5.54 Å². The Hall–Kier alpha value is -3.60. The molecule has 0 radical (unpaired) electrons. The molecule has 5 nitrogen and oxygen atoms in total. The van der Waals surface area contributed by atoms with Crippen LogP contribution in [0, 0.1) is 0 Å². The first-order valence-electron chi connectivity index (χ1n) is 9.89. The lowest BCUT2D eigenvalue weighted by atomic mass is 9.72. The second-order valence-electron chi connectivity index (χ2n) is 7.06. The number of carboxylic acid groups (broad SMARTS) is 1. The van der Waals surface area contributed by atoms with Crippen molar-refractivity contribution in [3.8, 4) is 0 Å². The molecule has 0 bridgehead atoms. The molecule has 0 spiro atoms. The molecular weight excluding hydrogens is 378 g/mol. The predicted octanol–water partition coefficient (Wildman–Crippen LogP) is 5.09. The fraction of sp³-hybridized carbons (Fsp3) is 0.200. The number of hydrogen-bond acceptors (Lipinski definition) is 3. The topological polar surface area (TPSA) is 75.6 Å². The summed E-state index contributed by atoms with van der Waals surface area (Å²) in [5.41, 5.74) is 0.995. The van der Waals surface area contributed by atoms with Gasteiger partial charge in [-0.2, -0.15) is 0 Å². The molecular formula is C25H25NO4. The number of carboxylic acids is 1. The molecule has 2 atom stereocenters. The number of ether oxygens (including phenoxy) is 1. The zero-order chi connectivity index (χ0) is 21.4.